The highest BCUT2D eigenvalue weighted by Crippen LogP contribution is 2.31. The van der Waals surface area contributed by atoms with Gasteiger partial charge in [0, 0.05) is 26.1 Å². The Morgan fingerprint density at radius 1 is 1.38 bits per heavy atom. The molecule has 0 spiro atoms. The zero-order valence-corrected chi connectivity index (χ0v) is 16.2. The topological polar surface area (TPSA) is 53.6 Å². The van der Waals surface area contributed by atoms with Crippen LogP contribution in [0.3, 0.4) is 0 Å². The molecule has 3 unspecified atom stereocenters. The minimum Gasteiger partial charge on any atom is -0.495 e. The van der Waals surface area contributed by atoms with Crippen LogP contribution in [0.25, 0.3) is 0 Å². The van der Waals surface area contributed by atoms with Gasteiger partial charge >= 0.3 is 0 Å². The lowest BCUT2D eigenvalue weighted by Crippen LogP contribution is -2.36. The minimum atomic E-state index is 0.207. The van der Waals surface area contributed by atoms with Crippen LogP contribution in [0.1, 0.15) is 32.6 Å². The number of nitrogens with one attached hydrogen (secondary N) is 2. The van der Waals surface area contributed by atoms with Crippen molar-refractivity contribution < 1.29 is 9.53 Å². The fourth-order valence-corrected chi connectivity index (χ4v) is 4.26. The van der Waals surface area contributed by atoms with Crippen molar-refractivity contribution in [2.75, 3.05) is 44.7 Å². The van der Waals surface area contributed by atoms with Gasteiger partial charge in [-0.2, -0.15) is 0 Å². The zero-order valence-electron chi connectivity index (χ0n) is 16.2. The number of ether oxygens (including phenoxy) is 1. The van der Waals surface area contributed by atoms with Crippen molar-refractivity contribution in [3.05, 3.63) is 24.3 Å². The molecule has 1 aromatic carbocycles. The first-order valence-electron chi connectivity index (χ1n) is 10.0. The van der Waals surface area contributed by atoms with Gasteiger partial charge in [-0.15, -0.1) is 0 Å². The molecule has 0 aromatic heterocycles. The zero-order chi connectivity index (χ0) is 18.4. The number of methoxy groups -OCH3 is 1. The van der Waals surface area contributed by atoms with Gasteiger partial charge < -0.3 is 20.3 Å². The fourth-order valence-electron chi connectivity index (χ4n) is 4.26. The van der Waals surface area contributed by atoms with Gasteiger partial charge in [0.2, 0.25) is 5.91 Å². The summed E-state index contributed by atoms with van der Waals surface area (Å²) in [6, 6.07) is 8.17. The van der Waals surface area contributed by atoms with E-state index in [0.717, 1.165) is 50.6 Å². The second kappa shape index (κ2) is 9.26. The molecule has 3 rings (SSSR count). The summed E-state index contributed by atoms with van der Waals surface area (Å²) in [7, 11) is 1.72. The molecule has 2 N–H and O–H groups in total. The molecular weight excluding hydrogens is 326 g/mol. The Kier molecular flexibility index (Phi) is 6.78. The van der Waals surface area contributed by atoms with E-state index in [2.05, 4.69) is 34.6 Å². The molecule has 2 heterocycles. The molecule has 0 aliphatic carbocycles. The third kappa shape index (κ3) is 4.91. The first kappa shape index (κ1) is 19.0. The van der Waals surface area contributed by atoms with Gasteiger partial charge in [0.25, 0.3) is 0 Å². The normalized spacial score (nSPS) is 24.3. The average Bonchev–Trinajstić information content (AvgIpc) is 3.16. The quantitative estimate of drug-likeness (QED) is 0.786. The SMILES string of the molecule is COc1ccccc1N1CCC(CNC(=O)CC(C)C2CCCNC2)C1. The minimum absolute atomic E-state index is 0.207. The monoisotopic (exact) mass is 359 g/mol. The molecule has 0 saturated carbocycles. The summed E-state index contributed by atoms with van der Waals surface area (Å²) in [6.07, 6.45) is 4.24. The maximum atomic E-state index is 12.3. The van der Waals surface area contributed by atoms with Crippen molar-refractivity contribution >= 4 is 11.6 Å². The van der Waals surface area contributed by atoms with Crippen LogP contribution in [0.4, 0.5) is 5.69 Å². The number of amides is 1. The maximum Gasteiger partial charge on any atom is 0.220 e. The largest absolute Gasteiger partial charge is 0.495 e. The summed E-state index contributed by atoms with van der Waals surface area (Å²) in [5, 5.41) is 6.63. The van der Waals surface area contributed by atoms with E-state index in [-0.39, 0.29) is 5.91 Å². The van der Waals surface area contributed by atoms with Crippen LogP contribution in [0.15, 0.2) is 24.3 Å². The Morgan fingerprint density at radius 2 is 2.23 bits per heavy atom. The second-order valence-corrected chi connectivity index (χ2v) is 7.86. The molecular formula is C21H33N3O2. The number of carbonyl (C=O) groups is 1. The first-order valence-corrected chi connectivity index (χ1v) is 10.0. The smallest absolute Gasteiger partial charge is 0.220 e. The summed E-state index contributed by atoms with van der Waals surface area (Å²) < 4.78 is 5.48. The number of rotatable bonds is 7. The maximum absolute atomic E-state index is 12.3. The van der Waals surface area contributed by atoms with Gasteiger partial charge in [-0.25, -0.2) is 0 Å². The molecule has 2 aliphatic heterocycles. The summed E-state index contributed by atoms with van der Waals surface area (Å²) in [4.78, 5) is 14.7. The van der Waals surface area contributed by atoms with Crippen LogP contribution in [0, 0.1) is 17.8 Å². The van der Waals surface area contributed by atoms with Gasteiger partial charge in [-0.1, -0.05) is 19.1 Å². The third-order valence-corrected chi connectivity index (χ3v) is 5.95. The van der Waals surface area contributed by atoms with Crippen molar-refractivity contribution in [3.63, 3.8) is 0 Å². The average molecular weight is 360 g/mol. The Bertz CT molecular complexity index is 586. The van der Waals surface area contributed by atoms with E-state index in [9.17, 15) is 4.79 Å². The molecule has 2 aliphatic rings. The Morgan fingerprint density at radius 3 is 3.00 bits per heavy atom. The summed E-state index contributed by atoms with van der Waals surface area (Å²) in [6.45, 7) is 7.18. The van der Waals surface area contributed by atoms with Crippen LogP contribution in [-0.2, 0) is 4.79 Å². The van der Waals surface area contributed by atoms with Crippen LogP contribution < -0.4 is 20.3 Å². The standard InChI is InChI=1S/C21H33N3O2/c1-16(18-6-5-10-22-14-18)12-21(25)23-13-17-9-11-24(15-17)19-7-3-4-8-20(19)26-2/h3-4,7-8,16-18,22H,5-6,9-15H2,1-2H3,(H,23,25). The molecule has 0 radical (unpaired) electrons. The van der Waals surface area contributed by atoms with Gasteiger partial charge in [0.15, 0.2) is 0 Å². The van der Waals surface area contributed by atoms with Crippen LogP contribution in [0.2, 0.25) is 0 Å². The van der Waals surface area contributed by atoms with Crippen LogP contribution >= 0.6 is 0 Å². The summed E-state index contributed by atoms with van der Waals surface area (Å²) in [5.41, 5.74) is 1.15. The van der Waals surface area contributed by atoms with Crippen molar-refractivity contribution in [2.45, 2.75) is 32.6 Å². The van der Waals surface area contributed by atoms with E-state index in [0.29, 0.717) is 24.2 Å². The van der Waals surface area contributed by atoms with E-state index in [1.807, 2.05) is 12.1 Å². The lowest BCUT2D eigenvalue weighted by molar-refractivity contribution is -0.122. The van der Waals surface area contributed by atoms with Gasteiger partial charge in [0.05, 0.1) is 12.8 Å². The number of hydrogen-bond donors (Lipinski definition) is 2. The molecule has 2 fully saturated rings. The predicted octanol–water partition coefficient (Wildman–Crippen LogP) is 2.66. The number of anilines is 1. The molecule has 3 atom stereocenters. The third-order valence-electron chi connectivity index (χ3n) is 5.95. The van der Waals surface area contributed by atoms with Crippen molar-refractivity contribution in [3.8, 4) is 5.75 Å². The highest BCUT2D eigenvalue weighted by Gasteiger charge is 2.26. The number of carbonyl (C=O) groups excluding carboxylic acids is 1. The second-order valence-electron chi connectivity index (χ2n) is 7.86. The highest BCUT2D eigenvalue weighted by molar-refractivity contribution is 5.76. The van der Waals surface area contributed by atoms with Crippen LogP contribution in [-0.4, -0.2) is 45.7 Å². The van der Waals surface area contributed by atoms with Crippen molar-refractivity contribution in [2.24, 2.45) is 17.8 Å². The van der Waals surface area contributed by atoms with E-state index in [4.69, 9.17) is 4.74 Å². The fraction of sp³-hybridized carbons (Fsp3) is 0.667. The Hall–Kier alpha value is -1.75. The van der Waals surface area contributed by atoms with Gasteiger partial charge in [-0.3, -0.25) is 4.79 Å². The number of hydrogen-bond acceptors (Lipinski definition) is 4. The Balaban J connectivity index is 1.42. The molecule has 26 heavy (non-hydrogen) atoms. The summed E-state index contributed by atoms with van der Waals surface area (Å²) >= 11 is 0. The Labute approximate surface area is 157 Å². The summed E-state index contributed by atoms with van der Waals surface area (Å²) in [5.74, 6) is 2.74. The number of nitrogens with zero attached hydrogens (tertiary/aromatic N) is 1. The molecule has 0 bridgehead atoms. The number of benzene rings is 1. The van der Waals surface area contributed by atoms with Crippen molar-refractivity contribution in [1.82, 2.24) is 10.6 Å². The molecule has 2 saturated heterocycles. The number of para-hydroxylation sites is 2. The molecule has 144 valence electrons. The van der Waals surface area contributed by atoms with Crippen LogP contribution in [0.5, 0.6) is 5.75 Å². The highest BCUT2D eigenvalue weighted by atomic mass is 16.5. The lowest BCUT2D eigenvalue weighted by atomic mass is 9.85. The van der Waals surface area contributed by atoms with Gasteiger partial charge in [-0.05, 0) is 62.2 Å². The van der Waals surface area contributed by atoms with Gasteiger partial charge in [0.1, 0.15) is 5.75 Å². The molecule has 1 aromatic rings. The molecule has 5 nitrogen and oxygen atoms in total. The van der Waals surface area contributed by atoms with E-state index >= 15 is 0 Å². The molecule has 5 heteroatoms. The van der Waals surface area contributed by atoms with E-state index in [1.54, 1.807) is 7.11 Å². The first-order chi connectivity index (χ1) is 12.7. The van der Waals surface area contributed by atoms with Crippen molar-refractivity contribution in [1.29, 1.82) is 0 Å². The molecule has 1 amide bonds. The lowest BCUT2D eigenvalue weighted by Gasteiger charge is -2.28. The predicted molar refractivity (Wildman–Crippen MR) is 106 cm³/mol. The van der Waals surface area contributed by atoms with E-state index in [1.165, 1.54) is 12.8 Å². The number of piperidine rings is 1. The van der Waals surface area contributed by atoms with E-state index < -0.39 is 0 Å².